The van der Waals surface area contributed by atoms with Crippen LogP contribution < -0.4 is 11.2 Å². The number of likely N-dealkylation sites (tertiary alicyclic amines) is 1. The highest BCUT2D eigenvalue weighted by Gasteiger charge is 2.47. The summed E-state index contributed by atoms with van der Waals surface area (Å²) >= 11 is 0. The lowest BCUT2D eigenvalue weighted by Gasteiger charge is -2.30. The molecule has 1 fully saturated rings. The maximum absolute atomic E-state index is 14.2. The van der Waals surface area contributed by atoms with Crippen molar-refractivity contribution in [3.8, 4) is 0 Å². The summed E-state index contributed by atoms with van der Waals surface area (Å²) in [5, 5.41) is 3.02. The number of alkyl halides is 4. The van der Waals surface area contributed by atoms with Crippen LogP contribution in [0.25, 0.3) is 0 Å². The minimum absolute atomic E-state index is 0.0530. The van der Waals surface area contributed by atoms with Crippen LogP contribution in [0.2, 0.25) is 0 Å². The van der Waals surface area contributed by atoms with Crippen LogP contribution in [0.1, 0.15) is 47.5 Å². The average Bonchev–Trinajstić information content (AvgIpc) is 2.86. The molecule has 3 atom stereocenters. The lowest BCUT2D eigenvalue weighted by atomic mass is 10.1. The molecule has 0 bridgehead atoms. The van der Waals surface area contributed by atoms with Crippen molar-refractivity contribution in [3.63, 3.8) is 0 Å². The van der Waals surface area contributed by atoms with Gasteiger partial charge in [0.2, 0.25) is 0 Å². The molecular formula is C18H26F4N4O4. The van der Waals surface area contributed by atoms with Crippen LogP contribution in [0, 0.1) is 0 Å². The summed E-state index contributed by atoms with van der Waals surface area (Å²) in [6, 6.07) is -2.49. The molecular weight excluding hydrogens is 412 g/mol. The van der Waals surface area contributed by atoms with Crippen LogP contribution in [0.3, 0.4) is 0 Å². The van der Waals surface area contributed by atoms with Crippen molar-refractivity contribution in [1.82, 2.24) is 10.3 Å². The molecule has 0 unspecified atom stereocenters. The molecule has 3 N–H and O–H groups in total. The predicted octanol–water partition coefficient (Wildman–Crippen LogP) is 2.58. The van der Waals surface area contributed by atoms with Crippen molar-refractivity contribution in [1.29, 1.82) is 0 Å². The van der Waals surface area contributed by atoms with Crippen molar-refractivity contribution in [2.24, 2.45) is 10.8 Å². The van der Waals surface area contributed by atoms with Crippen LogP contribution in [-0.4, -0.2) is 58.6 Å². The second kappa shape index (κ2) is 9.43. The smallest absolute Gasteiger partial charge is 0.435 e. The number of rotatable bonds is 5. The largest absolute Gasteiger partial charge is 0.444 e. The molecule has 0 aromatic carbocycles. The maximum atomic E-state index is 14.2. The van der Waals surface area contributed by atoms with Gasteiger partial charge >= 0.3 is 12.3 Å². The molecule has 8 nitrogen and oxygen atoms in total. The van der Waals surface area contributed by atoms with Gasteiger partial charge in [-0.1, -0.05) is 13.0 Å². The number of ether oxygens (including phenoxy) is 1. The summed E-state index contributed by atoms with van der Waals surface area (Å²) in [5.41, 5.74) is 3.11. The number of carbonyl (C=O) groups is 3. The van der Waals surface area contributed by atoms with E-state index in [0.717, 1.165) is 11.0 Å². The average molecular weight is 438 g/mol. The number of allylic oxidation sites excluding steroid dienone is 1. The number of hydrazone groups is 1. The molecule has 0 saturated carbocycles. The highest BCUT2D eigenvalue weighted by molar-refractivity contribution is 6.23. The second-order valence-electron chi connectivity index (χ2n) is 7.72. The summed E-state index contributed by atoms with van der Waals surface area (Å²) in [7, 11) is 0. The van der Waals surface area contributed by atoms with Crippen LogP contribution in [0.4, 0.5) is 22.4 Å². The Morgan fingerprint density at radius 2 is 1.83 bits per heavy atom. The fraction of sp³-hybridized carbons (Fsp3) is 0.667. The van der Waals surface area contributed by atoms with Gasteiger partial charge in [0.25, 0.3) is 11.8 Å². The van der Waals surface area contributed by atoms with E-state index in [9.17, 15) is 31.9 Å². The second-order valence-corrected chi connectivity index (χ2v) is 7.72. The number of hydrogen-bond donors (Lipinski definition) is 2. The van der Waals surface area contributed by atoms with Crippen molar-refractivity contribution in [3.05, 3.63) is 11.6 Å². The topological polar surface area (TPSA) is 114 Å². The van der Waals surface area contributed by atoms with Gasteiger partial charge in [-0.3, -0.25) is 14.5 Å². The number of hydrogen-bond acceptors (Lipinski definition) is 5. The molecule has 0 aliphatic carbocycles. The number of amides is 3. The first-order valence-corrected chi connectivity index (χ1v) is 9.20. The Hall–Kier alpha value is -2.66. The van der Waals surface area contributed by atoms with Gasteiger partial charge in [-0.15, -0.1) is 0 Å². The van der Waals surface area contributed by atoms with Gasteiger partial charge < -0.3 is 10.5 Å². The fourth-order valence-corrected chi connectivity index (χ4v) is 2.80. The van der Waals surface area contributed by atoms with E-state index in [1.54, 1.807) is 26.2 Å². The highest BCUT2D eigenvalue weighted by atomic mass is 19.4. The van der Waals surface area contributed by atoms with E-state index in [1.165, 1.54) is 13.8 Å². The molecule has 3 amide bonds. The first-order valence-electron chi connectivity index (χ1n) is 9.20. The molecule has 170 valence electrons. The van der Waals surface area contributed by atoms with Crippen LogP contribution in [-0.2, 0) is 14.3 Å². The van der Waals surface area contributed by atoms with Gasteiger partial charge in [-0.2, -0.15) is 18.3 Å². The minimum atomic E-state index is -5.10. The highest BCUT2D eigenvalue weighted by Crippen LogP contribution is 2.29. The van der Waals surface area contributed by atoms with Crippen LogP contribution in [0.5, 0.6) is 0 Å². The Balaban J connectivity index is 3.19. The Morgan fingerprint density at radius 3 is 2.27 bits per heavy atom. The summed E-state index contributed by atoms with van der Waals surface area (Å²) in [4.78, 5) is 37.0. The molecule has 0 aromatic heterocycles. The number of nitrogens with zero attached hydrogens (tertiary/aromatic N) is 2. The zero-order chi connectivity index (χ0) is 23.4. The summed E-state index contributed by atoms with van der Waals surface area (Å²) < 4.78 is 59.3. The first-order chi connectivity index (χ1) is 13.6. The summed E-state index contributed by atoms with van der Waals surface area (Å²) in [5.74, 6) is -2.54. The van der Waals surface area contributed by atoms with E-state index in [1.807, 2.05) is 0 Å². The summed E-state index contributed by atoms with van der Waals surface area (Å²) in [6.07, 6.45) is -7.16. The van der Waals surface area contributed by atoms with Crippen molar-refractivity contribution >= 4 is 23.6 Å². The molecule has 1 aliphatic heterocycles. The van der Waals surface area contributed by atoms with E-state index >= 15 is 0 Å². The standard InChI is InChI=1S/C18H26F4N4O4/c1-6-7-10(14(23)27)13(18(20,21)22)24-25-15(28)12-8-11(19)9(2)26(12)16(29)30-17(3,4)5/h7,9,11-12H,6,8H2,1-5H3,(H2,23,27)(H,25,28)/b10-7+,24-13+/t9-,11+,12-/m0/s1. The zero-order valence-electron chi connectivity index (χ0n) is 17.3. The molecule has 1 aliphatic rings. The molecule has 1 rings (SSSR count). The SMILES string of the molecule is CC/C=C(C(N)=O)\C(=N/NC(=O)[C@@H]1C[C@@H](F)[C@H](C)N1C(=O)OC(C)(C)C)C(F)(F)F. The normalized spacial score (nSPS) is 23.4. The molecule has 1 heterocycles. The molecule has 0 spiro atoms. The molecule has 30 heavy (non-hydrogen) atoms. The number of halogens is 4. The van der Waals surface area contributed by atoms with E-state index < -0.39 is 65.6 Å². The first kappa shape index (κ1) is 25.4. The zero-order valence-corrected chi connectivity index (χ0v) is 17.3. The van der Waals surface area contributed by atoms with Gasteiger partial charge in [-0.05, 0) is 34.1 Å². The minimum Gasteiger partial charge on any atom is -0.444 e. The third kappa shape index (κ3) is 6.42. The Bertz CT molecular complexity index is 743. The Kier molecular flexibility index (Phi) is 7.98. The van der Waals surface area contributed by atoms with E-state index in [2.05, 4.69) is 5.10 Å². The van der Waals surface area contributed by atoms with E-state index in [0.29, 0.717) is 0 Å². The Morgan fingerprint density at radius 1 is 1.27 bits per heavy atom. The number of nitrogens with two attached hydrogens (primary N) is 1. The van der Waals surface area contributed by atoms with Crippen LogP contribution >= 0.6 is 0 Å². The third-order valence-electron chi connectivity index (χ3n) is 4.13. The van der Waals surface area contributed by atoms with Gasteiger partial charge in [-0.25, -0.2) is 14.6 Å². The van der Waals surface area contributed by atoms with Crippen molar-refractivity contribution < 1.29 is 36.7 Å². The quantitative estimate of drug-likeness (QED) is 0.297. The van der Waals surface area contributed by atoms with Gasteiger partial charge in [0.1, 0.15) is 17.8 Å². The van der Waals surface area contributed by atoms with E-state index in [-0.39, 0.29) is 6.42 Å². The van der Waals surface area contributed by atoms with Crippen molar-refractivity contribution in [2.75, 3.05) is 0 Å². The van der Waals surface area contributed by atoms with Gasteiger partial charge in [0, 0.05) is 6.42 Å². The molecule has 0 radical (unpaired) electrons. The maximum Gasteiger partial charge on any atom is 0.435 e. The van der Waals surface area contributed by atoms with Crippen LogP contribution in [0.15, 0.2) is 16.8 Å². The van der Waals surface area contributed by atoms with Gasteiger partial charge in [0.05, 0.1) is 11.6 Å². The number of carbonyl (C=O) groups excluding carboxylic acids is 3. The van der Waals surface area contributed by atoms with Crippen molar-refractivity contribution in [2.45, 2.75) is 77.5 Å². The predicted molar refractivity (Wildman–Crippen MR) is 100 cm³/mol. The Labute approximate surface area is 171 Å². The number of primary amides is 1. The van der Waals surface area contributed by atoms with Gasteiger partial charge in [0.15, 0.2) is 5.71 Å². The molecule has 1 saturated heterocycles. The molecule has 0 aromatic rings. The van der Waals surface area contributed by atoms with E-state index in [4.69, 9.17) is 10.5 Å². The lowest BCUT2D eigenvalue weighted by Crippen LogP contribution is -2.49. The third-order valence-corrected chi connectivity index (χ3v) is 4.13. The number of nitrogens with one attached hydrogen (secondary N) is 1. The molecule has 12 heteroatoms. The lowest BCUT2D eigenvalue weighted by molar-refractivity contribution is -0.126. The fourth-order valence-electron chi connectivity index (χ4n) is 2.80. The monoisotopic (exact) mass is 438 g/mol. The summed E-state index contributed by atoms with van der Waals surface area (Å²) in [6.45, 7) is 7.54.